The summed E-state index contributed by atoms with van der Waals surface area (Å²) in [6.45, 7) is 0. The van der Waals surface area contributed by atoms with Gasteiger partial charge in [-0.2, -0.15) is 13.8 Å². The Morgan fingerprint density at radius 2 is 1.45 bits per heavy atom. The first-order valence-corrected chi connectivity index (χ1v) is 6.30. The first-order chi connectivity index (χ1) is 10.5. The van der Waals surface area contributed by atoms with Crippen LogP contribution in [0.25, 0.3) is 21.9 Å². The normalized spacial score (nSPS) is 11.0. The van der Waals surface area contributed by atoms with Gasteiger partial charge in [0.15, 0.2) is 11.6 Å². The van der Waals surface area contributed by atoms with Crippen LogP contribution in [-0.4, -0.2) is 12.1 Å². The first kappa shape index (κ1) is 14.3. The van der Waals surface area contributed by atoms with Crippen molar-refractivity contribution in [1.82, 2.24) is 4.98 Å². The maximum Gasteiger partial charge on any atom is 0.252 e. The number of fused-ring (bicyclic) bond motifs is 1. The van der Waals surface area contributed by atoms with Gasteiger partial charge in [0.05, 0.1) is 12.7 Å². The smallest absolute Gasteiger partial charge is 0.252 e. The van der Waals surface area contributed by atoms with Crippen LogP contribution in [0.4, 0.5) is 17.6 Å². The average Bonchev–Trinajstić information content (AvgIpc) is 2.53. The minimum Gasteiger partial charge on any atom is -0.496 e. The van der Waals surface area contributed by atoms with Crippen LogP contribution in [0.2, 0.25) is 0 Å². The first-order valence-electron chi connectivity index (χ1n) is 6.30. The predicted octanol–water partition coefficient (Wildman–Crippen LogP) is 4.47. The van der Waals surface area contributed by atoms with Gasteiger partial charge in [0.2, 0.25) is 0 Å². The second-order valence-electron chi connectivity index (χ2n) is 4.56. The molecule has 0 saturated carbocycles. The van der Waals surface area contributed by atoms with E-state index in [0.717, 1.165) is 0 Å². The second-order valence-corrected chi connectivity index (χ2v) is 4.56. The fourth-order valence-corrected chi connectivity index (χ4v) is 2.39. The molecule has 3 rings (SSSR count). The van der Waals surface area contributed by atoms with Gasteiger partial charge in [-0.25, -0.2) is 8.78 Å². The Morgan fingerprint density at radius 1 is 0.818 bits per heavy atom. The molecule has 3 aromatic rings. The highest BCUT2D eigenvalue weighted by molar-refractivity contribution is 6.00. The Hall–Kier alpha value is -2.63. The molecule has 1 heterocycles. The third-order valence-corrected chi connectivity index (χ3v) is 3.36. The predicted molar refractivity (Wildman–Crippen MR) is 73.6 cm³/mol. The van der Waals surface area contributed by atoms with Gasteiger partial charge in [0.25, 0.3) is 11.9 Å². The van der Waals surface area contributed by atoms with Crippen LogP contribution in [0.1, 0.15) is 0 Å². The lowest BCUT2D eigenvalue weighted by Crippen LogP contribution is -2.04. The third kappa shape index (κ3) is 2.07. The van der Waals surface area contributed by atoms with E-state index in [0.29, 0.717) is 10.8 Å². The van der Waals surface area contributed by atoms with Gasteiger partial charge in [-0.15, -0.1) is 0 Å². The van der Waals surface area contributed by atoms with E-state index in [1.807, 2.05) is 0 Å². The van der Waals surface area contributed by atoms with E-state index in [9.17, 15) is 17.6 Å². The van der Waals surface area contributed by atoms with Crippen molar-refractivity contribution in [2.75, 3.05) is 7.11 Å². The Bertz CT molecular complexity index is 853. The van der Waals surface area contributed by atoms with Gasteiger partial charge >= 0.3 is 0 Å². The van der Waals surface area contributed by atoms with E-state index in [2.05, 4.69) is 4.98 Å². The monoisotopic (exact) mass is 307 g/mol. The van der Waals surface area contributed by atoms with Gasteiger partial charge in [0, 0.05) is 5.56 Å². The van der Waals surface area contributed by atoms with Crippen molar-refractivity contribution < 1.29 is 22.3 Å². The lowest BCUT2D eigenvalue weighted by molar-refractivity contribution is 0.404. The van der Waals surface area contributed by atoms with Crippen LogP contribution in [0.15, 0.2) is 36.4 Å². The highest BCUT2D eigenvalue weighted by Gasteiger charge is 2.25. The van der Waals surface area contributed by atoms with Crippen molar-refractivity contribution in [2.24, 2.45) is 0 Å². The fraction of sp³-hybridized carbons (Fsp3) is 0.0625. The maximum absolute atomic E-state index is 14.1. The molecule has 0 N–H and O–H groups in total. The molecule has 0 aliphatic rings. The Balaban J connectivity index is 2.50. The lowest BCUT2D eigenvalue weighted by Gasteiger charge is -2.14. The van der Waals surface area contributed by atoms with Crippen molar-refractivity contribution in [2.45, 2.75) is 0 Å². The number of nitrogens with zero attached hydrogens (tertiary/aromatic N) is 1. The number of halogens is 4. The summed E-state index contributed by atoms with van der Waals surface area (Å²) in [5.41, 5.74) is -0.894. The van der Waals surface area contributed by atoms with Gasteiger partial charge in [0.1, 0.15) is 5.75 Å². The van der Waals surface area contributed by atoms with Crippen LogP contribution < -0.4 is 4.74 Å². The summed E-state index contributed by atoms with van der Waals surface area (Å²) in [6, 6.07) is 9.84. The van der Waals surface area contributed by atoms with Gasteiger partial charge < -0.3 is 4.74 Å². The molecule has 0 fully saturated rings. The minimum atomic E-state index is -1.70. The molecular weight excluding hydrogens is 298 g/mol. The number of aromatic nitrogens is 1. The molecule has 0 spiro atoms. The van der Waals surface area contributed by atoms with Gasteiger partial charge in [-0.1, -0.05) is 30.3 Å². The maximum atomic E-state index is 14.1. The molecule has 112 valence electrons. The van der Waals surface area contributed by atoms with Crippen LogP contribution in [0.3, 0.4) is 0 Å². The van der Waals surface area contributed by atoms with Crippen LogP contribution in [-0.2, 0) is 0 Å². The molecule has 0 atom stereocenters. The van der Waals surface area contributed by atoms with Crippen molar-refractivity contribution in [1.29, 1.82) is 0 Å². The van der Waals surface area contributed by atoms with E-state index in [1.165, 1.54) is 13.2 Å². The zero-order chi connectivity index (χ0) is 15.9. The van der Waals surface area contributed by atoms with E-state index in [1.54, 1.807) is 30.3 Å². The summed E-state index contributed by atoms with van der Waals surface area (Å²) in [5.74, 6) is -6.43. The highest BCUT2D eigenvalue weighted by atomic mass is 19.2. The largest absolute Gasteiger partial charge is 0.496 e. The third-order valence-electron chi connectivity index (χ3n) is 3.36. The Labute approximate surface area is 123 Å². The molecule has 0 bridgehead atoms. The molecule has 22 heavy (non-hydrogen) atoms. The lowest BCUT2D eigenvalue weighted by atomic mass is 9.97. The highest BCUT2D eigenvalue weighted by Crippen LogP contribution is 2.40. The minimum absolute atomic E-state index is 0.0594. The van der Waals surface area contributed by atoms with Crippen molar-refractivity contribution >= 4 is 10.8 Å². The number of pyridine rings is 1. The molecule has 0 unspecified atom stereocenters. The Kier molecular flexibility index (Phi) is 3.44. The summed E-state index contributed by atoms with van der Waals surface area (Å²) in [7, 11) is 1.30. The van der Waals surface area contributed by atoms with Gasteiger partial charge in [-0.3, -0.25) is 0 Å². The van der Waals surface area contributed by atoms with E-state index < -0.39 is 29.1 Å². The molecule has 0 saturated heterocycles. The van der Waals surface area contributed by atoms with Crippen molar-refractivity contribution in [3.05, 3.63) is 59.9 Å². The fourth-order valence-electron chi connectivity index (χ4n) is 2.39. The zero-order valence-corrected chi connectivity index (χ0v) is 11.3. The zero-order valence-electron chi connectivity index (χ0n) is 11.3. The number of hydrogen-bond donors (Lipinski definition) is 0. The molecule has 0 aliphatic heterocycles. The molecule has 1 aromatic heterocycles. The molecule has 0 aliphatic carbocycles. The molecular formula is C16H9F4NO. The van der Waals surface area contributed by atoms with E-state index in [-0.39, 0.29) is 11.3 Å². The molecule has 6 heteroatoms. The number of hydrogen-bond acceptors (Lipinski definition) is 2. The van der Waals surface area contributed by atoms with E-state index in [4.69, 9.17) is 4.74 Å². The van der Waals surface area contributed by atoms with Crippen LogP contribution >= 0.6 is 0 Å². The summed E-state index contributed by atoms with van der Waals surface area (Å²) in [6.07, 6.45) is 0. The summed E-state index contributed by atoms with van der Waals surface area (Å²) in [5, 5.41) is 1.05. The molecule has 2 nitrogen and oxygen atoms in total. The molecule has 2 aromatic carbocycles. The summed E-state index contributed by atoms with van der Waals surface area (Å²) >= 11 is 0. The number of methoxy groups -OCH3 is 1. The van der Waals surface area contributed by atoms with Gasteiger partial charge in [-0.05, 0) is 16.8 Å². The topological polar surface area (TPSA) is 22.1 Å². The van der Waals surface area contributed by atoms with Crippen molar-refractivity contribution in [3.63, 3.8) is 0 Å². The molecule has 0 amide bonds. The molecule has 0 radical (unpaired) electrons. The quantitative estimate of drug-likeness (QED) is 0.515. The SMILES string of the molecule is COc1ccc2ccccc2c1-c1c(F)c(F)nc(F)c1F. The average molecular weight is 307 g/mol. The Morgan fingerprint density at radius 3 is 2.09 bits per heavy atom. The van der Waals surface area contributed by atoms with E-state index >= 15 is 0 Å². The number of benzene rings is 2. The number of ether oxygens (including phenoxy) is 1. The summed E-state index contributed by atoms with van der Waals surface area (Å²) in [4.78, 5) is 2.57. The van der Waals surface area contributed by atoms with Crippen LogP contribution in [0.5, 0.6) is 5.75 Å². The van der Waals surface area contributed by atoms with Crippen LogP contribution in [0, 0.1) is 23.5 Å². The number of rotatable bonds is 2. The standard InChI is InChI=1S/C16H9F4NO/c1-22-10-7-6-8-4-2-3-5-9(8)11(10)12-13(17)15(19)21-16(20)14(12)18/h2-7H,1H3. The summed E-state index contributed by atoms with van der Waals surface area (Å²) < 4.78 is 60.1. The second kappa shape index (κ2) is 5.29. The van der Waals surface area contributed by atoms with Crippen molar-refractivity contribution in [3.8, 4) is 16.9 Å².